The van der Waals surface area contributed by atoms with Gasteiger partial charge in [-0.3, -0.25) is 4.79 Å². The van der Waals surface area contributed by atoms with E-state index in [1.807, 2.05) is 32.8 Å². The molecular formula is C13H23N5OS. The Morgan fingerprint density at radius 1 is 1.55 bits per heavy atom. The lowest BCUT2D eigenvalue weighted by Crippen LogP contribution is -2.34. The van der Waals surface area contributed by atoms with E-state index >= 15 is 0 Å². The Morgan fingerprint density at radius 3 is 2.80 bits per heavy atom. The third-order valence-electron chi connectivity index (χ3n) is 3.44. The van der Waals surface area contributed by atoms with Gasteiger partial charge in [-0.15, -0.1) is 0 Å². The minimum atomic E-state index is 0.00107. The minimum Gasteiger partial charge on any atom is -0.382 e. The van der Waals surface area contributed by atoms with Gasteiger partial charge in [-0.25, -0.2) is 4.98 Å². The Balaban J connectivity index is 2.08. The highest BCUT2D eigenvalue weighted by molar-refractivity contribution is 7.18. The predicted octanol–water partition coefficient (Wildman–Crippen LogP) is 1.32. The van der Waals surface area contributed by atoms with Gasteiger partial charge in [0, 0.05) is 25.2 Å². The molecule has 0 aliphatic carbocycles. The molecule has 1 unspecified atom stereocenters. The van der Waals surface area contributed by atoms with Crippen molar-refractivity contribution in [3.63, 3.8) is 0 Å². The number of nitrogens with zero attached hydrogens (tertiary/aromatic N) is 3. The van der Waals surface area contributed by atoms with E-state index < -0.39 is 0 Å². The lowest BCUT2D eigenvalue weighted by Gasteiger charge is -2.20. The van der Waals surface area contributed by atoms with Crippen molar-refractivity contribution >= 4 is 28.2 Å². The second kappa shape index (κ2) is 5.97. The van der Waals surface area contributed by atoms with Crippen LogP contribution >= 0.6 is 11.3 Å². The van der Waals surface area contributed by atoms with E-state index in [4.69, 9.17) is 5.73 Å². The van der Waals surface area contributed by atoms with E-state index in [1.54, 1.807) is 0 Å². The number of anilines is 2. The second-order valence-corrected chi connectivity index (χ2v) is 6.69. The van der Waals surface area contributed by atoms with Crippen LogP contribution < -0.4 is 11.1 Å². The van der Waals surface area contributed by atoms with Crippen molar-refractivity contribution in [1.82, 2.24) is 14.8 Å². The van der Waals surface area contributed by atoms with E-state index in [2.05, 4.69) is 15.2 Å². The molecular weight excluding hydrogens is 274 g/mol. The van der Waals surface area contributed by atoms with Gasteiger partial charge in [-0.1, -0.05) is 11.3 Å². The zero-order valence-corrected chi connectivity index (χ0v) is 13.3. The van der Waals surface area contributed by atoms with Gasteiger partial charge in [0.15, 0.2) is 5.13 Å². The molecule has 2 rings (SSSR count). The molecule has 20 heavy (non-hydrogen) atoms. The van der Waals surface area contributed by atoms with Gasteiger partial charge in [0.25, 0.3) is 5.91 Å². The van der Waals surface area contributed by atoms with Gasteiger partial charge in [-0.2, -0.15) is 0 Å². The summed E-state index contributed by atoms with van der Waals surface area (Å²) in [4.78, 5) is 21.3. The summed E-state index contributed by atoms with van der Waals surface area (Å²) in [5.41, 5.74) is 5.88. The van der Waals surface area contributed by atoms with Crippen molar-refractivity contribution in [2.24, 2.45) is 0 Å². The molecule has 1 atom stereocenters. The second-order valence-electron chi connectivity index (χ2n) is 5.69. The van der Waals surface area contributed by atoms with Crippen molar-refractivity contribution in [2.45, 2.75) is 32.4 Å². The Kier molecular flexibility index (Phi) is 4.49. The van der Waals surface area contributed by atoms with Gasteiger partial charge in [0.1, 0.15) is 10.7 Å². The van der Waals surface area contributed by atoms with Gasteiger partial charge in [0.05, 0.1) is 0 Å². The van der Waals surface area contributed by atoms with Gasteiger partial charge in [-0.05, 0) is 34.4 Å². The molecule has 3 N–H and O–H groups in total. The van der Waals surface area contributed by atoms with Crippen LogP contribution in [0.25, 0.3) is 0 Å². The Morgan fingerprint density at radius 2 is 2.25 bits per heavy atom. The van der Waals surface area contributed by atoms with E-state index in [0.717, 1.165) is 19.5 Å². The molecule has 0 radical (unpaired) electrons. The molecule has 0 aromatic carbocycles. The van der Waals surface area contributed by atoms with E-state index in [9.17, 15) is 4.79 Å². The first-order valence-electron chi connectivity index (χ1n) is 6.87. The van der Waals surface area contributed by atoms with Crippen LogP contribution in [0.1, 0.15) is 29.9 Å². The highest BCUT2D eigenvalue weighted by Crippen LogP contribution is 2.28. The number of nitrogens with two attached hydrogens (primary N) is 1. The Labute approximate surface area is 124 Å². The third-order valence-corrected chi connectivity index (χ3v) is 4.43. The predicted molar refractivity (Wildman–Crippen MR) is 83.3 cm³/mol. The lowest BCUT2D eigenvalue weighted by atomic mass is 10.2. The van der Waals surface area contributed by atoms with Crippen molar-refractivity contribution in [3.8, 4) is 0 Å². The highest BCUT2D eigenvalue weighted by atomic mass is 32.1. The highest BCUT2D eigenvalue weighted by Gasteiger charge is 2.30. The van der Waals surface area contributed by atoms with Crippen LogP contribution in [-0.4, -0.2) is 60.0 Å². The normalized spacial score (nSPS) is 19.1. The van der Waals surface area contributed by atoms with Crippen LogP contribution in [0.2, 0.25) is 0 Å². The molecule has 1 aliphatic heterocycles. The monoisotopic (exact) mass is 297 g/mol. The summed E-state index contributed by atoms with van der Waals surface area (Å²) in [7, 11) is 4.09. The first kappa shape index (κ1) is 15.1. The maximum absolute atomic E-state index is 12.5. The van der Waals surface area contributed by atoms with Gasteiger partial charge >= 0.3 is 0 Å². The average molecular weight is 297 g/mol. The summed E-state index contributed by atoms with van der Waals surface area (Å²) < 4.78 is 0. The largest absolute Gasteiger partial charge is 0.382 e. The zero-order chi connectivity index (χ0) is 14.9. The number of nitrogen functional groups attached to an aromatic ring is 1. The fraction of sp³-hybridized carbons (Fsp3) is 0.692. The number of likely N-dealkylation sites (N-methyl/N-ethyl adjacent to an activating group) is 1. The number of likely N-dealkylation sites (tertiary alicyclic amines) is 1. The molecule has 112 valence electrons. The Hall–Kier alpha value is -1.34. The Bertz CT molecular complexity index is 485. The fourth-order valence-corrected chi connectivity index (χ4v) is 3.28. The molecule has 0 saturated carbocycles. The minimum absolute atomic E-state index is 0.00107. The molecule has 0 bridgehead atoms. The van der Waals surface area contributed by atoms with Gasteiger partial charge in [0.2, 0.25) is 0 Å². The van der Waals surface area contributed by atoms with Crippen LogP contribution in [0.15, 0.2) is 0 Å². The first-order valence-corrected chi connectivity index (χ1v) is 7.68. The standard InChI is InChI=1S/C13H23N5OS/c1-8(2)15-13-16-11(14)10(20-13)12(19)18-6-5-9(7-18)17(3)4/h8-9H,5-7,14H2,1-4H3,(H,15,16). The number of rotatable bonds is 4. The van der Waals surface area contributed by atoms with E-state index in [0.29, 0.717) is 21.9 Å². The summed E-state index contributed by atoms with van der Waals surface area (Å²) >= 11 is 1.34. The van der Waals surface area contributed by atoms with Crippen LogP contribution in [-0.2, 0) is 0 Å². The maximum Gasteiger partial charge on any atom is 0.267 e. The third kappa shape index (κ3) is 3.21. The van der Waals surface area contributed by atoms with Crippen molar-refractivity contribution in [3.05, 3.63) is 4.88 Å². The number of hydrogen-bond donors (Lipinski definition) is 2. The summed E-state index contributed by atoms with van der Waals surface area (Å²) in [6.45, 7) is 5.60. The molecule has 1 amide bonds. The smallest absolute Gasteiger partial charge is 0.267 e. The number of amides is 1. The summed E-state index contributed by atoms with van der Waals surface area (Å²) in [6.07, 6.45) is 1.01. The summed E-state index contributed by atoms with van der Waals surface area (Å²) in [5, 5.41) is 3.90. The summed E-state index contributed by atoms with van der Waals surface area (Å²) in [6, 6.07) is 0.703. The summed E-state index contributed by atoms with van der Waals surface area (Å²) in [5.74, 6) is 0.331. The zero-order valence-electron chi connectivity index (χ0n) is 12.5. The molecule has 1 aromatic heterocycles. The molecule has 1 fully saturated rings. The maximum atomic E-state index is 12.5. The molecule has 0 spiro atoms. The molecule has 1 aromatic rings. The lowest BCUT2D eigenvalue weighted by molar-refractivity contribution is 0.0788. The fourth-order valence-electron chi connectivity index (χ4n) is 2.29. The molecule has 7 heteroatoms. The van der Waals surface area contributed by atoms with E-state index in [1.165, 1.54) is 11.3 Å². The van der Waals surface area contributed by atoms with Crippen molar-refractivity contribution < 1.29 is 4.79 Å². The number of aromatic nitrogens is 1. The quantitative estimate of drug-likeness (QED) is 0.877. The molecule has 1 aliphatic rings. The van der Waals surface area contributed by atoms with E-state index in [-0.39, 0.29) is 11.9 Å². The van der Waals surface area contributed by atoms with Crippen molar-refractivity contribution in [2.75, 3.05) is 38.2 Å². The number of nitrogens with one attached hydrogen (secondary N) is 1. The number of carbonyl (C=O) groups excluding carboxylic acids is 1. The SMILES string of the molecule is CC(C)Nc1nc(N)c(C(=O)N2CCC(N(C)C)C2)s1. The molecule has 6 nitrogen and oxygen atoms in total. The molecule has 2 heterocycles. The van der Waals surface area contributed by atoms with Crippen LogP contribution in [0.4, 0.5) is 10.9 Å². The number of hydrogen-bond acceptors (Lipinski definition) is 6. The number of carbonyl (C=O) groups is 1. The average Bonchev–Trinajstić information content (AvgIpc) is 2.94. The molecule has 1 saturated heterocycles. The first-order chi connectivity index (χ1) is 9.38. The number of thiazole rings is 1. The van der Waals surface area contributed by atoms with Crippen LogP contribution in [0.3, 0.4) is 0 Å². The van der Waals surface area contributed by atoms with Crippen LogP contribution in [0.5, 0.6) is 0 Å². The topological polar surface area (TPSA) is 74.5 Å². The van der Waals surface area contributed by atoms with Crippen LogP contribution in [0, 0.1) is 0 Å². The van der Waals surface area contributed by atoms with Gasteiger partial charge < -0.3 is 20.9 Å². The van der Waals surface area contributed by atoms with Crippen molar-refractivity contribution in [1.29, 1.82) is 0 Å².